The van der Waals surface area contributed by atoms with Gasteiger partial charge in [-0.05, 0) is 29.1 Å². The topological polar surface area (TPSA) is 71.5 Å². The predicted molar refractivity (Wildman–Crippen MR) is 113 cm³/mol. The second-order valence-corrected chi connectivity index (χ2v) is 7.97. The van der Waals surface area contributed by atoms with Crippen LogP contribution in [0.1, 0.15) is 11.3 Å². The monoisotopic (exact) mass is 415 g/mol. The van der Waals surface area contributed by atoms with E-state index >= 15 is 0 Å². The van der Waals surface area contributed by atoms with Crippen molar-refractivity contribution in [2.75, 3.05) is 25.6 Å². The van der Waals surface area contributed by atoms with Crippen LogP contribution in [0, 0.1) is 0 Å². The minimum absolute atomic E-state index is 0.0555. The fraction of sp³-hybridized carbons (Fsp3) is 0.250. The number of carbonyl (C=O) groups is 2. The number of ether oxygens (including phenoxy) is 1. The highest BCUT2D eigenvalue weighted by atomic mass is 32.1. The van der Waals surface area contributed by atoms with Crippen LogP contribution in [0.25, 0.3) is 10.6 Å². The van der Waals surface area contributed by atoms with Crippen molar-refractivity contribution in [3.8, 4) is 10.6 Å². The Morgan fingerprint density at radius 1 is 1.14 bits per heavy atom. The van der Waals surface area contributed by atoms with E-state index < -0.39 is 5.97 Å². The number of thiophene rings is 1. The van der Waals surface area contributed by atoms with Gasteiger partial charge >= 0.3 is 5.97 Å². The number of thiazole rings is 1. The molecule has 1 N–H and O–H groups in total. The third-order valence-corrected chi connectivity index (χ3v) is 5.58. The Balaban J connectivity index is 1.40. The highest BCUT2D eigenvalue weighted by Gasteiger charge is 2.12. The quantitative estimate of drug-likeness (QED) is 0.572. The SMILES string of the molecule is CN(C)c1ccc(CNC(=O)COC(=O)Cc2csc(-c3ccsc3)n2)cc1. The summed E-state index contributed by atoms with van der Waals surface area (Å²) in [5.74, 6) is -0.796. The fourth-order valence-corrected chi connectivity index (χ4v) is 3.95. The number of hydrogen-bond donors (Lipinski definition) is 1. The van der Waals surface area contributed by atoms with Crippen molar-refractivity contribution >= 4 is 40.2 Å². The lowest BCUT2D eigenvalue weighted by molar-refractivity contribution is -0.147. The van der Waals surface area contributed by atoms with E-state index in [0.29, 0.717) is 12.2 Å². The van der Waals surface area contributed by atoms with Crippen LogP contribution in [0.4, 0.5) is 5.69 Å². The summed E-state index contributed by atoms with van der Waals surface area (Å²) in [6, 6.07) is 9.87. The standard InChI is InChI=1S/C20H21N3O3S2/c1-23(2)17-5-3-14(4-6-17)10-21-18(24)11-26-19(25)9-16-13-28-20(22-16)15-7-8-27-12-15/h3-8,12-13H,9-11H2,1-2H3,(H,21,24). The van der Waals surface area contributed by atoms with Crippen molar-refractivity contribution in [2.24, 2.45) is 0 Å². The summed E-state index contributed by atoms with van der Waals surface area (Å²) in [7, 11) is 3.94. The van der Waals surface area contributed by atoms with E-state index in [0.717, 1.165) is 21.8 Å². The molecule has 6 nitrogen and oxygen atoms in total. The van der Waals surface area contributed by atoms with Crippen LogP contribution in [0.3, 0.4) is 0 Å². The van der Waals surface area contributed by atoms with E-state index in [-0.39, 0.29) is 18.9 Å². The van der Waals surface area contributed by atoms with Crippen LogP contribution >= 0.6 is 22.7 Å². The number of hydrogen-bond acceptors (Lipinski definition) is 7. The molecular weight excluding hydrogens is 394 g/mol. The first-order valence-electron chi connectivity index (χ1n) is 8.67. The first-order valence-corrected chi connectivity index (χ1v) is 10.5. The molecule has 28 heavy (non-hydrogen) atoms. The van der Waals surface area contributed by atoms with Crippen molar-refractivity contribution in [1.82, 2.24) is 10.3 Å². The summed E-state index contributed by atoms with van der Waals surface area (Å²) in [6.45, 7) is 0.0936. The third kappa shape index (κ3) is 5.64. The molecule has 0 aliphatic carbocycles. The summed E-state index contributed by atoms with van der Waals surface area (Å²) in [6.07, 6.45) is 0.0555. The molecule has 0 bridgehead atoms. The van der Waals surface area contributed by atoms with Gasteiger partial charge in [0.15, 0.2) is 6.61 Å². The van der Waals surface area contributed by atoms with Gasteiger partial charge in [0.25, 0.3) is 5.91 Å². The van der Waals surface area contributed by atoms with E-state index in [1.54, 1.807) is 11.3 Å². The smallest absolute Gasteiger partial charge is 0.312 e. The Kier molecular flexibility index (Phi) is 6.78. The normalized spacial score (nSPS) is 10.5. The van der Waals surface area contributed by atoms with Gasteiger partial charge < -0.3 is 15.0 Å². The van der Waals surface area contributed by atoms with Gasteiger partial charge in [-0.1, -0.05) is 12.1 Å². The number of benzene rings is 1. The Morgan fingerprint density at radius 2 is 1.93 bits per heavy atom. The number of nitrogens with zero attached hydrogens (tertiary/aromatic N) is 2. The Hall–Kier alpha value is -2.71. The van der Waals surface area contributed by atoms with Crippen molar-refractivity contribution in [3.63, 3.8) is 0 Å². The first kappa shape index (κ1) is 20.0. The van der Waals surface area contributed by atoms with E-state index in [2.05, 4.69) is 10.3 Å². The molecule has 0 radical (unpaired) electrons. The van der Waals surface area contributed by atoms with Crippen molar-refractivity contribution in [3.05, 3.63) is 57.7 Å². The number of nitrogens with one attached hydrogen (secondary N) is 1. The summed E-state index contributed by atoms with van der Waals surface area (Å²) in [5, 5.41) is 9.46. The number of amides is 1. The van der Waals surface area contributed by atoms with Crippen LogP contribution in [0.15, 0.2) is 46.5 Å². The Morgan fingerprint density at radius 3 is 2.61 bits per heavy atom. The number of anilines is 1. The van der Waals surface area contributed by atoms with E-state index in [1.807, 2.05) is 65.5 Å². The van der Waals surface area contributed by atoms with Crippen LogP contribution < -0.4 is 10.2 Å². The van der Waals surface area contributed by atoms with Gasteiger partial charge in [-0.15, -0.1) is 11.3 Å². The first-order chi connectivity index (χ1) is 13.5. The molecule has 0 fully saturated rings. The highest BCUT2D eigenvalue weighted by Crippen LogP contribution is 2.25. The lowest BCUT2D eigenvalue weighted by atomic mass is 10.2. The summed E-state index contributed by atoms with van der Waals surface area (Å²) < 4.78 is 5.06. The van der Waals surface area contributed by atoms with Crippen molar-refractivity contribution in [2.45, 2.75) is 13.0 Å². The van der Waals surface area contributed by atoms with Crippen molar-refractivity contribution < 1.29 is 14.3 Å². The molecule has 3 rings (SSSR count). The maximum atomic E-state index is 11.9. The highest BCUT2D eigenvalue weighted by molar-refractivity contribution is 7.14. The van der Waals surface area contributed by atoms with E-state index in [9.17, 15) is 9.59 Å². The zero-order valence-electron chi connectivity index (χ0n) is 15.7. The van der Waals surface area contributed by atoms with Gasteiger partial charge in [0.05, 0.1) is 12.1 Å². The minimum atomic E-state index is -0.465. The van der Waals surface area contributed by atoms with Gasteiger partial charge in [0, 0.05) is 42.7 Å². The second kappa shape index (κ2) is 9.48. The number of carbonyl (C=O) groups excluding carboxylic acids is 2. The lowest BCUT2D eigenvalue weighted by Crippen LogP contribution is -2.28. The molecule has 1 aromatic carbocycles. The van der Waals surface area contributed by atoms with Crippen molar-refractivity contribution in [1.29, 1.82) is 0 Å². The van der Waals surface area contributed by atoms with Gasteiger partial charge in [-0.25, -0.2) is 4.98 Å². The number of aromatic nitrogens is 1. The van der Waals surface area contributed by atoms with Gasteiger partial charge in [-0.3, -0.25) is 9.59 Å². The predicted octanol–water partition coefficient (Wildman–Crippen LogP) is 3.34. The molecule has 0 aliphatic heterocycles. The largest absolute Gasteiger partial charge is 0.455 e. The second-order valence-electron chi connectivity index (χ2n) is 6.33. The lowest BCUT2D eigenvalue weighted by Gasteiger charge is -2.13. The number of esters is 1. The fourth-order valence-electron chi connectivity index (χ4n) is 2.42. The molecule has 0 saturated heterocycles. The van der Waals surface area contributed by atoms with E-state index in [1.165, 1.54) is 11.3 Å². The average Bonchev–Trinajstić information content (AvgIpc) is 3.36. The van der Waals surface area contributed by atoms with Crippen LogP contribution in [0.5, 0.6) is 0 Å². The molecule has 3 aromatic rings. The van der Waals surface area contributed by atoms with Gasteiger partial charge in [0.1, 0.15) is 5.01 Å². The maximum Gasteiger partial charge on any atom is 0.312 e. The third-order valence-electron chi connectivity index (χ3n) is 3.95. The summed E-state index contributed by atoms with van der Waals surface area (Å²) >= 11 is 3.09. The molecule has 0 atom stereocenters. The zero-order chi connectivity index (χ0) is 19.9. The average molecular weight is 416 g/mol. The molecular formula is C20H21N3O3S2. The molecule has 0 spiro atoms. The van der Waals surface area contributed by atoms with Crippen LogP contribution in [-0.4, -0.2) is 37.6 Å². The summed E-state index contributed by atoms with van der Waals surface area (Å²) in [5.41, 5.74) is 3.77. The molecule has 1 amide bonds. The Labute approximate surface area is 171 Å². The molecule has 0 aliphatic rings. The van der Waals surface area contributed by atoms with Gasteiger partial charge in [0.2, 0.25) is 0 Å². The van der Waals surface area contributed by atoms with E-state index in [4.69, 9.17) is 4.74 Å². The molecule has 8 heteroatoms. The maximum absolute atomic E-state index is 11.9. The molecule has 2 aromatic heterocycles. The molecule has 146 valence electrons. The molecule has 2 heterocycles. The Bertz CT molecular complexity index is 919. The molecule has 0 unspecified atom stereocenters. The zero-order valence-corrected chi connectivity index (χ0v) is 17.3. The summed E-state index contributed by atoms with van der Waals surface area (Å²) in [4.78, 5) is 30.3. The van der Waals surface area contributed by atoms with Crippen LogP contribution in [-0.2, 0) is 27.3 Å². The van der Waals surface area contributed by atoms with Gasteiger partial charge in [-0.2, -0.15) is 11.3 Å². The molecule has 0 saturated carbocycles. The van der Waals surface area contributed by atoms with Crippen LogP contribution in [0.2, 0.25) is 0 Å². The number of rotatable bonds is 8. The minimum Gasteiger partial charge on any atom is -0.455 e.